The highest BCUT2D eigenvalue weighted by Gasteiger charge is 2.34. The first-order chi connectivity index (χ1) is 16.5. The van der Waals surface area contributed by atoms with Crippen molar-refractivity contribution in [3.05, 3.63) is 99.2 Å². The standard InChI is InChI=1S/C27H26N4OS2/c1-4-19-9-13-21(14-10-19)25-29-26(32-30-25)23-18(3)31(16-22-6-5-15-34-22)27(33)28-24(23)20-11-7-17(2)8-12-20/h5-15,24H,4,16H2,1-3H3,(H,28,33). The number of rotatable bonds is 6. The van der Waals surface area contributed by atoms with E-state index in [1.54, 1.807) is 11.3 Å². The Labute approximate surface area is 209 Å². The first-order valence-electron chi connectivity index (χ1n) is 11.3. The zero-order valence-electron chi connectivity index (χ0n) is 19.4. The van der Waals surface area contributed by atoms with Gasteiger partial charge in [0.15, 0.2) is 5.11 Å². The van der Waals surface area contributed by atoms with Gasteiger partial charge in [-0.3, -0.25) is 0 Å². The maximum atomic E-state index is 5.85. The second-order valence-electron chi connectivity index (χ2n) is 8.43. The van der Waals surface area contributed by atoms with Crippen molar-refractivity contribution >= 4 is 34.2 Å². The van der Waals surface area contributed by atoms with Crippen LogP contribution >= 0.6 is 23.6 Å². The number of nitrogens with zero attached hydrogens (tertiary/aromatic N) is 3. The highest BCUT2D eigenvalue weighted by atomic mass is 32.1. The predicted octanol–water partition coefficient (Wildman–Crippen LogP) is 6.53. The van der Waals surface area contributed by atoms with Crippen molar-refractivity contribution < 1.29 is 4.52 Å². The van der Waals surface area contributed by atoms with Gasteiger partial charge in [0.1, 0.15) is 0 Å². The molecule has 1 aliphatic rings. The van der Waals surface area contributed by atoms with Crippen LogP contribution in [0.4, 0.5) is 0 Å². The molecule has 0 radical (unpaired) electrons. The SMILES string of the molecule is CCc1ccc(-c2noc(C3=C(C)N(Cc4cccs4)C(=S)NC3c3ccc(C)cc3)n2)cc1. The fourth-order valence-electron chi connectivity index (χ4n) is 4.16. The molecule has 2 aromatic heterocycles. The number of thiophene rings is 1. The number of benzene rings is 2. The van der Waals surface area contributed by atoms with E-state index in [0.717, 1.165) is 28.8 Å². The molecule has 172 valence electrons. The van der Waals surface area contributed by atoms with Crippen molar-refractivity contribution in [2.45, 2.75) is 39.8 Å². The van der Waals surface area contributed by atoms with Crippen molar-refractivity contribution in [2.75, 3.05) is 0 Å². The van der Waals surface area contributed by atoms with Crippen LogP contribution in [-0.4, -0.2) is 20.2 Å². The Morgan fingerprint density at radius 2 is 1.82 bits per heavy atom. The number of hydrogen-bond acceptors (Lipinski definition) is 5. The lowest BCUT2D eigenvalue weighted by molar-refractivity contribution is 0.396. The number of nitrogens with one attached hydrogen (secondary N) is 1. The van der Waals surface area contributed by atoms with Crippen LogP contribution in [0, 0.1) is 6.92 Å². The number of hydrogen-bond donors (Lipinski definition) is 1. The van der Waals surface area contributed by atoms with Gasteiger partial charge in [-0.2, -0.15) is 4.98 Å². The summed E-state index contributed by atoms with van der Waals surface area (Å²) in [5.74, 6) is 1.09. The van der Waals surface area contributed by atoms with E-state index in [-0.39, 0.29) is 6.04 Å². The van der Waals surface area contributed by atoms with Gasteiger partial charge in [-0.25, -0.2) is 0 Å². The molecule has 0 saturated heterocycles. The molecule has 0 amide bonds. The van der Waals surface area contributed by atoms with Crippen molar-refractivity contribution in [3.63, 3.8) is 0 Å². The molecule has 1 aliphatic heterocycles. The van der Waals surface area contributed by atoms with Gasteiger partial charge >= 0.3 is 0 Å². The van der Waals surface area contributed by atoms with Crippen LogP contribution in [0.15, 0.2) is 76.3 Å². The summed E-state index contributed by atoms with van der Waals surface area (Å²) in [4.78, 5) is 8.16. The van der Waals surface area contributed by atoms with Crippen LogP contribution in [0.1, 0.15) is 47.3 Å². The Hall–Kier alpha value is -3.29. The molecule has 5 nitrogen and oxygen atoms in total. The highest BCUT2D eigenvalue weighted by molar-refractivity contribution is 7.80. The molecule has 0 saturated carbocycles. The largest absolute Gasteiger partial charge is 0.351 e. The van der Waals surface area contributed by atoms with Gasteiger partial charge in [-0.05, 0) is 55.1 Å². The number of aryl methyl sites for hydroxylation is 2. The number of allylic oxidation sites excluding steroid dienone is 1. The van der Waals surface area contributed by atoms with Gasteiger partial charge in [-0.15, -0.1) is 11.3 Å². The lowest BCUT2D eigenvalue weighted by Gasteiger charge is -2.37. The maximum Gasteiger partial charge on any atom is 0.258 e. The first kappa shape index (κ1) is 22.5. The van der Waals surface area contributed by atoms with Crippen molar-refractivity contribution in [2.24, 2.45) is 0 Å². The van der Waals surface area contributed by atoms with Crippen LogP contribution in [0.2, 0.25) is 0 Å². The summed E-state index contributed by atoms with van der Waals surface area (Å²) < 4.78 is 5.85. The summed E-state index contributed by atoms with van der Waals surface area (Å²) in [6.07, 6.45) is 0.994. The molecule has 0 fully saturated rings. The fourth-order valence-corrected chi connectivity index (χ4v) is 5.17. The maximum absolute atomic E-state index is 5.85. The summed E-state index contributed by atoms with van der Waals surface area (Å²) in [6.45, 7) is 7.00. The minimum atomic E-state index is -0.177. The number of thiocarbonyl (C=S) groups is 1. The van der Waals surface area contributed by atoms with Crippen LogP contribution in [0.5, 0.6) is 0 Å². The van der Waals surface area contributed by atoms with Gasteiger partial charge in [0.05, 0.1) is 18.2 Å². The quantitative estimate of drug-likeness (QED) is 0.313. The molecule has 4 aromatic rings. The molecule has 34 heavy (non-hydrogen) atoms. The molecule has 1 N–H and O–H groups in total. The summed E-state index contributed by atoms with van der Waals surface area (Å²) in [5.41, 5.74) is 6.48. The van der Waals surface area contributed by atoms with E-state index < -0.39 is 0 Å². The van der Waals surface area contributed by atoms with Gasteiger partial charge in [0, 0.05) is 16.1 Å². The molecule has 7 heteroatoms. The monoisotopic (exact) mass is 486 g/mol. The molecular formula is C27H26N4OS2. The Balaban J connectivity index is 1.58. The number of aromatic nitrogens is 2. The van der Waals surface area contributed by atoms with Crippen LogP contribution in [0.25, 0.3) is 17.0 Å². The van der Waals surface area contributed by atoms with Crippen LogP contribution in [-0.2, 0) is 13.0 Å². The Bertz CT molecular complexity index is 1320. The summed E-state index contributed by atoms with van der Waals surface area (Å²) in [7, 11) is 0. The molecule has 1 unspecified atom stereocenters. The topological polar surface area (TPSA) is 54.2 Å². The molecule has 5 rings (SSSR count). The van der Waals surface area contributed by atoms with E-state index in [4.69, 9.17) is 21.7 Å². The van der Waals surface area contributed by atoms with Crippen molar-refractivity contribution in [1.82, 2.24) is 20.4 Å². The van der Waals surface area contributed by atoms with E-state index in [9.17, 15) is 0 Å². The lowest BCUT2D eigenvalue weighted by atomic mass is 9.94. The Morgan fingerprint density at radius 3 is 2.50 bits per heavy atom. The molecular weight excluding hydrogens is 460 g/mol. The molecule has 2 aromatic carbocycles. The zero-order chi connectivity index (χ0) is 23.7. The predicted molar refractivity (Wildman–Crippen MR) is 141 cm³/mol. The minimum absolute atomic E-state index is 0.177. The van der Waals surface area contributed by atoms with Gasteiger partial charge < -0.3 is 14.7 Å². The van der Waals surface area contributed by atoms with E-state index >= 15 is 0 Å². The van der Waals surface area contributed by atoms with Crippen LogP contribution < -0.4 is 5.32 Å². The smallest absolute Gasteiger partial charge is 0.258 e. The average Bonchev–Trinajstić information content (AvgIpc) is 3.54. The summed E-state index contributed by atoms with van der Waals surface area (Å²) >= 11 is 7.52. The third kappa shape index (κ3) is 4.41. The second kappa shape index (κ2) is 9.52. The third-order valence-electron chi connectivity index (χ3n) is 6.18. The summed E-state index contributed by atoms with van der Waals surface area (Å²) in [5, 5.41) is 10.6. The Kier molecular flexibility index (Phi) is 6.30. The zero-order valence-corrected chi connectivity index (χ0v) is 21.0. The van der Waals surface area contributed by atoms with Crippen molar-refractivity contribution in [3.8, 4) is 11.4 Å². The van der Waals surface area contributed by atoms with E-state index in [1.807, 2.05) is 12.1 Å². The molecule has 3 heterocycles. The first-order valence-corrected chi connectivity index (χ1v) is 12.6. The summed E-state index contributed by atoms with van der Waals surface area (Å²) in [6, 6.07) is 20.8. The second-order valence-corrected chi connectivity index (χ2v) is 9.85. The van der Waals surface area contributed by atoms with E-state index in [0.29, 0.717) is 23.4 Å². The van der Waals surface area contributed by atoms with Crippen molar-refractivity contribution in [1.29, 1.82) is 0 Å². The molecule has 0 bridgehead atoms. The lowest BCUT2D eigenvalue weighted by Crippen LogP contribution is -2.45. The van der Waals surface area contributed by atoms with Gasteiger partial charge in [0.2, 0.25) is 5.82 Å². The van der Waals surface area contributed by atoms with Gasteiger partial charge in [-0.1, -0.05) is 72.2 Å². The minimum Gasteiger partial charge on any atom is -0.351 e. The van der Waals surface area contributed by atoms with E-state index in [1.165, 1.54) is 16.0 Å². The fraction of sp³-hybridized carbons (Fsp3) is 0.222. The van der Waals surface area contributed by atoms with Gasteiger partial charge in [0.25, 0.3) is 5.89 Å². The highest BCUT2D eigenvalue weighted by Crippen LogP contribution is 2.38. The van der Waals surface area contributed by atoms with E-state index in [2.05, 4.69) is 90.1 Å². The average molecular weight is 487 g/mol. The Morgan fingerprint density at radius 1 is 1.06 bits per heavy atom. The normalized spacial score (nSPS) is 16.1. The molecule has 1 atom stereocenters. The molecule has 0 aliphatic carbocycles. The van der Waals surface area contributed by atoms with Crippen LogP contribution in [0.3, 0.4) is 0 Å². The molecule has 0 spiro atoms. The third-order valence-corrected chi connectivity index (χ3v) is 7.38.